The molecule has 39 heavy (non-hydrogen) atoms. The van der Waals surface area contributed by atoms with Crippen molar-refractivity contribution in [3.05, 3.63) is 94.7 Å². The van der Waals surface area contributed by atoms with Crippen molar-refractivity contribution in [3.8, 4) is 11.5 Å². The molecule has 2 aromatic heterocycles. The van der Waals surface area contributed by atoms with Gasteiger partial charge >= 0.3 is 0 Å². The maximum atomic E-state index is 13.8. The van der Waals surface area contributed by atoms with Gasteiger partial charge in [0.2, 0.25) is 10.0 Å². The van der Waals surface area contributed by atoms with E-state index in [2.05, 4.69) is 9.80 Å². The molecule has 0 aliphatic carbocycles. The summed E-state index contributed by atoms with van der Waals surface area (Å²) in [6.07, 6.45) is 2.90. The van der Waals surface area contributed by atoms with Crippen LogP contribution in [-0.2, 0) is 29.7 Å². The first kappa shape index (κ1) is 27.1. The Morgan fingerprint density at radius 1 is 0.897 bits per heavy atom. The predicted molar refractivity (Wildman–Crippen MR) is 151 cm³/mol. The summed E-state index contributed by atoms with van der Waals surface area (Å²) < 4.78 is 38.7. The molecular weight excluding hydrogens is 516 g/mol. The summed E-state index contributed by atoms with van der Waals surface area (Å²) in [4.78, 5) is 18.1. The lowest BCUT2D eigenvalue weighted by Gasteiger charge is -2.33. The number of rotatable bonds is 10. The van der Waals surface area contributed by atoms with Crippen molar-refractivity contribution in [2.24, 2.45) is 0 Å². The van der Waals surface area contributed by atoms with Crippen LogP contribution in [0.5, 0.6) is 11.5 Å². The Balaban J connectivity index is 1.41. The Morgan fingerprint density at radius 2 is 1.67 bits per heavy atom. The molecule has 1 saturated heterocycles. The quantitative estimate of drug-likeness (QED) is 0.298. The molecule has 10 heteroatoms. The van der Waals surface area contributed by atoms with E-state index in [1.165, 1.54) is 10.6 Å². The van der Waals surface area contributed by atoms with E-state index in [4.69, 9.17) is 9.15 Å². The van der Waals surface area contributed by atoms with E-state index in [1.54, 1.807) is 6.26 Å². The van der Waals surface area contributed by atoms with Crippen LogP contribution in [0.2, 0.25) is 0 Å². The first-order chi connectivity index (χ1) is 18.8. The SMILES string of the molecule is CN(Cc1ccco1)Cc1cc2ccc(Oc3ccccc3)cc2n(CCN2CCN(S(C)(=O)=O)CC2)c1=O. The maximum Gasteiger partial charge on any atom is 0.255 e. The van der Waals surface area contributed by atoms with Crippen LogP contribution in [0.1, 0.15) is 11.3 Å². The van der Waals surface area contributed by atoms with Crippen LogP contribution >= 0.6 is 0 Å². The molecular formula is C29H34N4O5S. The molecule has 4 aromatic rings. The number of hydrogen-bond donors (Lipinski definition) is 0. The summed E-state index contributed by atoms with van der Waals surface area (Å²) >= 11 is 0. The van der Waals surface area contributed by atoms with Crippen LogP contribution in [0.4, 0.5) is 0 Å². The van der Waals surface area contributed by atoms with Crippen LogP contribution in [0.25, 0.3) is 10.9 Å². The topological polar surface area (TPSA) is 88.2 Å². The zero-order valence-electron chi connectivity index (χ0n) is 22.3. The highest BCUT2D eigenvalue weighted by Crippen LogP contribution is 2.26. The number of para-hydroxylation sites is 1. The molecule has 1 fully saturated rings. The monoisotopic (exact) mass is 550 g/mol. The number of hydrogen-bond acceptors (Lipinski definition) is 7. The van der Waals surface area contributed by atoms with Crippen molar-refractivity contribution in [2.45, 2.75) is 19.6 Å². The fourth-order valence-electron chi connectivity index (χ4n) is 4.98. The molecule has 0 spiro atoms. The van der Waals surface area contributed by atoms with Crippen LogP contribution in [-0.4, -0.2) is 73.1 Å². The standard InChI is InChI=1S/C29H34N4O5S/c1-30(22-27-9-6-18-37-27)21-24-19-23-10-11-26(38-25-7-4-3-5-8-25)20-28(23)33(29(24)34)17-14-31-12-15-32(16-13-31)39(2,35)36/h3-11,18-20H,12-17,21-22H2,1-2H3. The Labute approximate surface area is 228 Å². The van der Waals surface area contributed by atoms with Gasteiger partial charge in [0.25, 0.3) is 5.56 Å². The van der Waals surface area contributed by atoms with Crippen molar-refractivity contribution in [3.63, 3.8) is 0 Å². The van der Waals surface area contributed by atoms with E-state index in [9.17, 15) is 13.2 Å². The number of piperazine rings is 1. The highest BCUT2D eigenvalue weighted by Gasteiger charge is 2.23. The zero-order chi connectivity index (χ0) is 27.4. The van der Waals surface area contributed by atoms with Crippen molar-refractivity contribution in [1.29, 1.82) is 0 Å². The zero-order valence-corrected chi connectivity index (χ0v) is 23.1. The van der Waals surface area contributed by atoms with Crippen molar-refractivity contribution in [1.82, 2.24) is 18.7 Å². The highest BCUT2D eigenvalue weighted by atomic mass is 32.2. The Morgan fingerprint density at radius 3 is 2.36 bits per heavy atom. The van der Waals surface area contributed by atoms with E-state index < -0.39 is 10.0 Å². The first-order valence-electron chi connectivity index (χ1n) is 13.0. The van der Waals surface area contributed by atoms with Crippen LogP contribution in [0, 0.1) is 0 Å². The summed E-state index contributed by atoms with van der Waals surface area (Å²) in [6.45, 7) is 4.38. The molecule has 206 valence electrons. The lowest BCUT2D eigenvalue weighted by atomic mass is 10.1. The Bertz CT molecular complexity index is 1560. The molecule has 0 bridgehead atoms. The number of nitrogens with zero attached hydrogens (tertiary/aromatic N) is 4. The average Bonchev–Trinajstić information content (AvgIpc) is 3.42. The van der Waals surface area contributed by atoms with E-state index in [-0.39, 0.29) is 5.56 Å². The summed E-state index contributed by atoms with van der Waals surface area (Å²) in [5, 5.41) is 0.957. The number of aromatic nitrogens is 1. The summed E-state index contributed by atoms with van der Waals surface area (Å²) in [5.41, 5.74) is 1.47. The second-order valence-electron chi connectivity index (χ2n) is 10.0. The third-order valence-corrected chi connectivity index (χ3v) is 8.31. The number of sulfonamides is 1. The lowest BCUT2D eigenvalue weighted by molar-refractivity contribution is 0.183. The minimum absolute atomic E-state index is 0.0413. The van der Waals surface area contributed by atoms with Crippen LogP contribution in [0.3, 0.4) is 0 Å². The third-order valence-electron chi connectivity index (χ3n) is 7.01. The fraction of sp³-hybridized carbons (Fsp3) is 0.345. The van der Waals surface area contributed by atoms with Crippen molar-refractivity contribution >= 4 is 20.9 Å². The van der Waals surface area contributed by atoms with Gasteiger partial charge in [0, 0.05) is 57.4 Å². The van der Waals surface area contributed by atoms with E-state index in [1.807, 2.05) is 78.3 Å². The van der Waals surface area contributed by atoms with E-state index >= 15 is 0 Å². The largest absolute Gasteiger partial charge is 0.468 e. The fourth-order valence-corrected chi connectivity index (χ4v) is 5.80. The predicted octanol–water partition coefficient (Wildman–Crippen LogP) is 3.60. The minimum Gasteiger partial charge on any atom is -0.468 e. The molecule has 9 nitrogen and oxygen atoms in total. The molecule has 5 rings (SSSR count). The van der Waals surface area contributed by atoms with Gasteiger partial charge in [-0.25, -0.2) is 8.42 Å². The minimum atomic E-state index is -3.19. The van der Waals surface area contributed by atoms with Crippen LogP contribution < -0.4 is 10.3 Å². The molecule has 2 aromatic carbocycles. The molecule has 0 saturated carbocycles. The number of furan rings is 1. The second kappa shape index (κ2) is 11.7. The molecule has 1 aliphatic heterocycles. The molecule has 0 radical (unpaired) electrons. The van der Waals surface area contributed by atoms with Crippen molar-refractivity contribution < 1.29 is 17.6 Å². The number of pyridine rings is 1. The smallest absolute Gasteiger partial charge is 0.255 e. The number of fused-ring (bicyclic) bond motifs is 1. The average molecular weight is 551 g/mol. The molecule has 0 amide bonds. The summed E-state index contributed by atoms with van der Waals surface area (Å²) in [6, 6.07) is 21.1. The summed E-state index contributed by atoms with van der Waals surface area (Å²) in [7, 11) is -1.23. The second-order valence-corrected chi connectivity index (χ2v) is 12.0. The van der Waals surface area contributed by atoms with Gasteiger partial charge in [-0.1, -0.05) is 18.2 Å². The molecule has 0 N–H and O–H groups in total. The Hall–Kier alpha value is -3.44. The molecule has 1 aliphatic rings. The highest BCUT2D eigenvalue weighted by molar-refractivity contribution is 7.88. The Kier molecular flexibility index (Phi) is 8.18. The normalized spacial score (nSPS) is 15.3. The third kappa shape index (κ3) is 6.77. The van der Waals surface area contributed by atoms with Gasteiger partial charge in [0.05, 0.1) is 24.6 Å². The lowest BCUT2D eigenvalue weighted by Crippen LogP contribution is -2.49. The van der Waals surface area contributed by atoms with Gasteiger partial charge in [-0.3, -0.25) is 14.6 Å². The summed E-state index contributed by atoms with van der Waals surface area (Å²) in [5.74, 6) is 2.23. The van der Waals surface area contributed by atoms with Gasteiger partial charge < -0.3 is 13.7 Å². The van der Waals surface area contributed by atoms with Gasteiger partial charge in [0.1, 0.15) is 17.3 Å². The van der Waals surface area contributed by atoms with E-state index in [0.29, 0.717) is 63.7 Å². The van der Waals surface area contributed by atoms with Gasteiger partial charge in [-0.2, -0.15) is 4.31 Å². The van der Waals surface area contributed by atoms with Crippen LogP contribution in [0.15, 0.2) is 82.2 Å². The first-order valence-corrected chi connectivity index (χ1v) is 14.9. The van der Waals surface area contributed by atoms with Crippen molar-refractivity contribution in [2.75, 3.05) is 46.0 Å². The number of ether oxygens (including phenoxy) is 1. The molecule has 0 unspecified atom stereocenters. The van der Waals surface area contributed by atoms with E-state index in [0.717, 1.165) is 22.4 Å². The number of benzene rings is 2. The van der Waals surface area contributed by atoms with Gasteiger partial charge in [-0.15, -0.1) is 0 Å². The molecule has 3 heterocycles. The van der Waals surface area contributed by atoms with Gasteiger partial charge in [0.15, 0.2) is 0 Å². The molecule has 0 atom stereocenters. The van der Waals surface area contributed by atoms with Gasteiger partial charge in [-0.05, 0) is 54.9 Å². The maximum absolute atomic E-state index is 13.8.